The van der Waals surface area contributed by atoms with Crippen LogP contribution < -0.4 is 5.32 Å². The van der Waals surface area contributed by atoms with E-state index >= 15 is 0 Å². The standard InChI is InChI=1S/C19H24ClN/c1-4-21-19(17-7-5-6-8-18(17)20)16-11-9-15(10-12-16)13-14(2)3/h5-12,14,19,21H,4,13H2,1-3H3. The zero-order valence-electron chi connectivity index (χ0n) is 13.1. The molecule has 0 amide bonds. The third kappa shape index (κ3) is 4.33. The van der Waals surface area contributed by atoms with Crippen LogP contribution in [0, 0.1) is 5.92 Å². The lowest BCUT2D eigenvalue weighted by atomic mass is 9.95. The van der Waals surface area contributed by atoms with E-state index in [0.717, 1.165) is 23.6 Å². The zero-order valence-corrected chi connectivity index (χ0v) is 13.8. The Balaban J connectivity index is 2.28. The fraction of sp³-hybridized carbons (Fsp3) is 0.368. The van der Waals surface area contributed by atoms with E-state index in [-0.39, 0.29) is 6.04 Å². The molecule has 0 spiro atoms. The summed E-state index contributed by atoms with van der Waals surface area (Å²) in [6.07, 6.45) is 1.12. The van der Waals surface area contributed by atoms with Gasteiger partial charge >= 0.3 is 0 Å². The fourth-order valence-electron chi connectivity index (χ4n) is 2.64. The average molecular weight is 302 g/mol. The lowest BCUT2D eigenvalue weighted by Crippen LogP contribution is -2.22. The number of rotatable bonds is 6. The van der Waals surface area contributed by atoms with Gasteiger partial charge in [0.15, 0.2) is 0 Å². The maximum Gasteiger partial charge on any atom is 0.0591 e. The minimum atomic E-state index is 0.150. The second-order valence-electron chi connectivity index (χ2n) is 5.85. The van der Waals surface area contributed by atoms with Gasteiger partial charge in [0.05, 0.1) is 6.04 Å². The molecule has 21 heavy (non-hydrogen) atoms. The van der Waals surface area contributed by atoms with E-state index in [1.807, 2.05) is 18.2 Å². The van der Waals surface area contributed by atoms with Crippen molar-refractivity contribution in [1.29, 1.82) is 0 Å². The highest BCUT2D eigenvalue weighted by Gasteiger charge is 2.15. The quantitative estimate of drug-likeness (QED) is 0.769. The van der Waals surface area contributed by atoms with Gasteiger partial charge < -0.3 is 5.32 Å². The van der Waals surface area contributed by atoms with Gasteiger partial charge in [0.25, 0.3) is 0 Å². The maximum atomic E-state index is 6.36. The molecule has 2 heteroatoms. The van der Waals surface area contributed by atoms with E-state index in [0.29, 0.717) is 5.92 Å². The first-order valence-electron chi connectivity index (χ1n) is 7.68. The van der Waals surface area contributed by atoms with Crippen molar-refractivity contribution < 1.29 is 0 Å². The number of hydrogen-bond acceptors (Lipinski definition) is 1. The van der Waals surface area contributed by atoms with Crippen LogP contribution >= 0.6 is 11.6 Å². The number of halogens is 1. The molecule has 2 rings (SSSR count). The smallest absolute Gasteiger partial charge is 0.0591 e. The van der Waals surface area contributed by atoms with E-state index in [4.69, 9.17) is 11.6 Å². The van der Waals surface area contributed by atoms with Crippen molar-refractivity contribution in [3.05, 3.63) is 70.2 Å². The predicted molar refractivity (Wildman–Crippen MR) is 92.0 cm³/mol. The van der Waals surface area contributed by atoms with Gasteiger partial charge in [-0.15, -0.1) is 0 Å². The molecule has 0 saturated carbocycles. The zero-order chi connectivity index (χ0) is 15.2. The Morgan fingerprint density at radius 1 is 1.00 bits per heavy atom. The topological polar surface area (TPSA) is 12.0 Å². The van der Waals surface area contributed by atoms with Crippen LogP contribution in [-0.2, 0) is 6.42 Å². The van der Waals surface area contributed by atoms with Crippen LogP contribution in [0.1, 0.15) is 43.5 Å². The molecule has 0 aromatic heterocycles. The van der Waals surface area contributed by atoms with E-state index in [1.165, 1.54) is 11.1 Å². The van der Waals surface area contributed by atoms with Crippen LogP contribution in [0.25, 0.3) is 0 Å². The van der Waals surface area contributed by atoms with Gasteiger partial charge in [-0.25, -0.2) is 0 Å². The Kier molecular flexibility index (Phi) is 5.84. The number of benzene rings is 2. The molecule has 0 radical (unpaired) electrons. The molecule has 0 aliphatic carbocycles. The Hall–Kier alpha value is -1.31. The minimum Gasteiger partial charge on any atom is -0.306 e. The molecule has 0 aliphatic heterocycles. The van der Waals surface area contributed by atoms with Gasteiger partial charge in [-0.1, -0.05) is 74.8 Å². The molecule has 1 nitrogen and oxygen atoms in total. The van der Waals surface area contributed by atoms with Crippen LogP contribution in [0.4, 0.5) is 0 Å². The van der Waals surface area contributed by atoms with Gasteiger partial charge in [0, 0.05) is 5.02 Å². The monoisotopic (exact) mass is 301 g/mol. The summed E-state index contributed by atoms with van der Waals surface area (Å²) in [5.41, 5.74) is 3.79. The number of nitrogens with one attached hydrogen (secondary N) is 1. The van der Waals surface area contributed by atoms with Gasteiger partial charge in [-0.2, -0.15) is 0 Å². The largest absolute Gasteiger partial charge is 0.306 e. The van der Waals surface area contributed by atoms with Gasteiger partial charge in [-0.05, 0) is 41.6 Å². The van der Waals surface area contributed by atoms with Crippen LogP contribution in [-0.4, -0.2) is 6.54 Å². The molecule has 1 atom stereocenters. The predicted octanol–water partition coefficient (Wildman–Crippen LogP) is 5.24. The molecule has 0 saturated heterocycles. The molecule has 0 aliphatic rings. The molecule has 2 aromatic rings. The second kappa shape index (κ2) is 7.63. The summed E-state index contributed by atoms with van der Waals surface area (Å²) in [4.78, 5) is 0. The first kappa shape index (κ1) is 16.1. The van der Waals surface area contributed by atoms with E-state index in [2.05, 4.69) is 56.4 Å². The Morgan fingerprint density at radius 2 is 1.67 bits per heavy atom. The Morgan fingerprint density at radius 3 is 2.24 bits per heavy atom. The van der Waals surface area contributed by atoms with E-state index in [9.17, 15) is 0 Å². The van der Waals surface area contributed by atoms with Crippen LogP contribution in [0.2, 0.25) is 5.02 Å². The first-order valence-corrected chi connectivity index (χ1v) is 8.06. The van der Waals surface area contributed by atoms with Crippen LogP contribution in [0.15, 0.2) is 48.5 Å². The number of hydrogen-bond donors (Lipinski definition) is 1. The highest BCUT2D eigenvalue weighted by molar-refractivity contribution is 6.31. The Labute approximate surface area is 133 Å². The molecule has 2 aromatic carbocycles. The summed E-state index contributed by atoms with van der Waals surface area (Å²) in [7, 11) is 0. The SMILES string of the molecule is CCNC(c1ccc(CC(C)C)cc1)c1ccccc1Cl. The average Bonchev–Trinajstić information content (AvgIpc) is 2.46. The maximum absolute atomic E-state index is 6.36. The van der Waals surface area contributed by atoms with Gasteiger partial charge in [0.1, 0.15) is 0 Å². The van der Waals surface area contributed by atoms with Crippen LogP contribution in [0.5, 0.6) is 0 Å². The molecule has 0 heterocycles. The summed E-state index contributed by atoms with van der Waals surface area (Å²) >= 11 is 6.36. The molecule has 0 fully saturated rings. The van der Waals surface area contributed by atoms with Crippen molar-refractivity contribution in [1.82, 2.24) is 5.32 Å². The first-order chi connectivity index (χ1) is 10.1. The van der Waals surface area contributed by atoms with Crippen molar-refractivity contribution in [3.63, 3.8) is 0 Å². The lowest BCUT2D eigenvalue weighted by molar-refractivity contribution is 0.628. The van der Waals surface area contributed by atoms with E-state index < -0.39 is 0 Å². The molecular weight excluding hydrogens is 278 g/mol. The highest BCUT2D eigenvalue weighted by atomic mass is 35.5. The van der Waals surface area contributed by atoms with Crippen molar-refractivity contribution in [2.24, 2.45) is 5.92 Å². The molecule has 1 N–H and O–H groups in total. The second-order valence-corrected chi connectivity index (χ2v) is 6.26. The molecular formula is C19H24ClN. The molecule has 1 unspecified atom stereocenters. The van der Waals surface area contributed by atoms with E-state index in [1.54, 1.807) is 0 Å². The molecule has 112 valence electrons. The van der Waals surface area contributed by atoms with Crippen molar-refractivity contribution in [2.75, 3.05) is 6.54 Å². The highest BCUT2D eigenvalue weighted by Crippen LogP contribution is 2.28. The summed E-state index contributed by atoms with van der Waals surface area (Å²) in [5, 5.41) is 4.35. The Bertz CT molecular complexity index is 560. The fourth-order valence-corrected chi connectivity index (χ4v) is 2.88. The summed E-state index contributed by atoms with van der Waals surface area (Å²) < 4.78 is 0. The van der Waals surface area contributed by atoms with Gasteiger partial charge in [0.2, 0.25) is 0 Å². The third-order valence-corrected chi connectivity index (χ3v) is 3.93. The summed E-state index contributed by atoms with van der Waals surface area (Å²) in [6.45, 7) is 7.53. The van der Waals surface area contributed by atoms with Gasteiger partial charge in [-0.3, -0.25) is 0 Å². The normalized spacial score (nSPS) is 12.6. The minimum absolute atomic E-state index is 0.150. The molecule has 0 bridgehead atoms. The van der Waals surface area contributed by atoms with Crippen LogP contribution in [0.3, 0.4) is 0 Å². The summed E-state index contributed by atoms with van der Waals surface area (Å²) in [5.74, 6) is 0.684. The summed E-state index contributed by atoms with van der Waals surface area (Å²) in [6, 6.07) is 17.1. The lowest BCUT2D eigenvalue weighted by Gasteiger charge is -2.20. The van der Waals surface area contributed by atoms with Crippen molar-refractivity contribution >= 4 is 11.6 Å². The third-order valence-electron chi connectivity index (χ3n) is 3.58. The van der Waals surface area contributed by atoms with Crippen molar-refractivity contribution in [3.8, 4) is 0 Å². The van der Waals surface area contributed by atoms with Crippen molar-refractivity contribution in [2.45, 2.75) is 33.2 Å².